The topological polar surface area (TPSA) is 79.1 Å². The van der Waals surface area contributed by atoms with E-state index in [-0.39, 0.29) is 22.5 Å². The number of halogens is 1. The van der Waals surface area contributed by atoms with Crippen LogP contribution >= 0.6 is 0 Å². The molecule has 0 unspecified atom stereocenters. The van der Waals surface area contributed by atoms with Gasteiger partial charge in [-0.05, 0) is 52.7 Å². The molecule has 0 saturated carbocycles. The van der Waals surface area contributed by atoms with E-state index >= 15 is 0 Å². The van der Waals surface area contributed by atoms with Crippen molar-refractivity contribution in [1.82, 2.24) is 25.1 Å². The van der Waals surface area contributed by atoms with E-state index in [2.05, 4.69) is 53.0 Å². The minimum absolute atomic E-state index is 0.0215. The highest BCUT2D eigenvalue weighted by Crippen LogP contribution is 2.34. The van der Waals surface area contributed by atoms with Crippen LogP contribution in [-0.4, -0.2) is 49.0 Å². The molecule has 0 amide bonds. The first-order chi connectivity index (χ1) is 14.5. The summed E-state index contributed by atoms with van der Waals surface area (Å²) < 4.78 is 16.0. The van der Waals surface area contributed by atoms with Crippen molar-refractivity contribution in [2.75, 3.05) is 11.9 Å². The van der Waals surface area contributed by atoms with Gasteiger partial charge in [-0.2, -0.15) is 5.10 Å². The number of hydrogen-bond acceptors (Lipinski definition) is 6. The van der Waals surface area contributed by atoms with Crippen LogP contribution in [0.3, 0.4) is 0 Å². The third-order valence-electron chi connectivity index (χ3n) is 5.81. The maximum Gasteiger partial charge on any atom is 0.149 e. The van der Waals surface area contributed by atoms with E-state index < -0.39 is 5.82 Å². The Bertz CT molecular complexity index is 1050. The summed E-state index contributed by atoms with van der Waals surface area (Å²) in [5.41, 5.74) is 0.916. The molecule has 8 heteroatoms. The van der Waals surface area contributed by atoms with E-state index in [0.717, 1.165) is 18.7 Å². The molecule has 2 N–H and O–H groups in total. The molecular weight excluding hydrogens is 395 g/mol. The Morgan fingerprint density at radius 1 is 1.13 bits per heavy atom. The molecule has 164 valence electrons. The van der Waals surface area contributed by atoms with Crippen LogP contribution in [0.15, 0.2) is 43.0 Å². The van der Waals surface area contributed by atoms with Gasteiger partial charge in [-0.1, -0.05) is 0 Å². The molecule has 31 heavy (non-hydrogen) atoms. The lowest BCUT2D eigenvalue weighted by molar-refractivity contribution is 0.160. The van der Waals surface area contributed by atoms with Crippen molar-refractivity contribution in [3.8, 4) is 22.7 Å². The van der Waals surface area contributed by atoms with Gasteiger partial charge in [0.1, 0.15) is 23.1 Å². The highest BCUT2D eigenvalue weighted by atomic mass is 19.1. The van der Waals surface area contributed by atoms with Crippen molar-refractivity contribution in [3.05, 3.63) is 48.8 Å². The first kappa shape index (κ1) is 21.2. The molecule has 3 heterocycles. The predicted octanol–water partition coefficient (Wildman–Crippen LogP) is 3.92. The Morgan fingerprint density at radius 2 is 1.84 bits per heavy atom. The Labute approximate surface area is 182 Å². The minimum Gasteiger partial charge on any atom is -0.507 e. The number of nitrogens with one attached hydrogen (secondary N) is 1. The zero-order valence-electron chi connectivity index (χ0n) is 18.6. The zero-order chi connectivity index (χ0) is 22.4. The minimum atomic E-state index is -0.501. The molecule has 1 aliphatic rings. The molecular formula is C23H29FN6O. The number of anilines is 1. The number of piperidine rings is 1. The fourth-order valence-electron chi connectivity index (χ4n) is 4.71. The van der Waals surface area contributed by atoms with Gasteiger partial charge in [-0.15, -0.1) is 0 Å². The van der Waals surface area contributed by atoms with Crippen LogP contribution in [0.25, 0.3) is 16.9 Å². The zero-order valence-corrected chi connectivity index (χ0v) is 18.6. The second-order valence-electron chi connectivity index (χ2n) is 9.60. The number of nitrogens with zero attached hydrogens (tertiary/aromatic N) is 5. The quantitative estimate of drug-likeness (QED) is 0.661. The van der Waals surface area contributed by atoms with Gasteiger partial charge in [0.15, 0.2) is 0 Å². The summed E-state index contributed by atoms with van der Waals surface area (Å²) in [6.07, 6.45) is 8.39. The second kappa shape index (κ2) is 7.60. The first-order valence-electron chi connectivity index (χ1n) is 10.4. The number of aromatic hydroxyl groups is 1. The Morgan fingerprint density at radius 3 is 2.42 bits per heavy atom. The van der Waals surface area contributed by atoms with Crippen LogP contribution in [0.4, 0.5) is 10.2 Å². The van der Waals surface area contributed by atoms with Gasteiger partial charge in [-0.3, -0.25) is 4.98 Å². The van der Waals surface area contributed by atoms with Crippen molar-refractivity contribution >= 4 is 5.82 Å². The molecule has 0 aliphatic carbocycles. The summed E-state index contributed by atoms with van der Waals surface area (Å²) in [7, 11) is 2.03. The third-order valence-corrected chi connectivity index (χ3v) is 5.81. The molecule has 4 rings (SSSR count). The van der Waals surface area contributed by atoms with Crippen LogP contribution in [0.1, 0.15) is 40.5 Å². The van der Waals surface area contributed by atoms with Gasteiger partial charge >= 0.3 is 0 Å². The molecule has 3 aromatic rings. The van der Waals surface area contributed by atoms with E-state index in [1.165, 1.54) is 16.8 Å². The molecule has 7 nitrogen and oxygen atoms in total. The Hall–Kier alpha value is -3.00. The van der Waals surface area contributed by atoms with Gasteiger partial charge in [0.05, 0.1) is 18.1 Å². The number of rotatable bonds is 4. The van der Waals surface area contributed by atoms with Crippen LogP contribution in [0.2, 0.25) is 0 Å². The summed E-state index contributed by atoms with van der Waals surface area (Å²) in [6.45, 7) is 8.86. The average molecular weight is 425 g/mol. The number of hydrogen-bond donors (Lipinski definition) is 2. The van der Waals surface area contributed by atoms with E-state index in [4.69, 9.17) is 0 Å². The third kappa shape index (κ3) is 4.39. The van der Waals surface area contributed by atoms with E-state index in [9.17, 15) is 9.50 Å². The molecule has 1 aromatic carbocycles. The standard InChI is InChI=1S/C23H29FN6O/c1-22(2)11-15(12-23(3,4)28-22)29(5)21-14-25-18(13-26-21)16-9-17(24)19(10-20(16)31)30-8-6-7-27-30/h6-10,13-15,28,31H,11-12H2,1-5H3. The van der Waals surface area contributed by atoms with E-state index in [0.29, 0.717) is 17.3 Å². The lowest BCUT2D eigenvalue weighted by Gasteiger charge is -2.49. The summed E-state index contributed by atoms with van der Waals surface area (Å²) in [4.78, 5) is 11.2. The van der Waals surface area contributed by atoms with Crippen molar-refractivity contribution < 1.29 is 9.50 Å². The SMILES string of the molecule is CN(c1cnc(-c2cc(F)c(-n3cccn3)cc2O)cn1)C1CC(C)(C)NC(C)(C)C1. The lowest BCUT2D eigenvalue weighted by atomic mass is 9.79. The molecule has 0 bridgehead atoms. The van der Waals surface area contributed by atoms with Gasteiger partial charge in [-0.25, -0.2) is 14.1 Å². The van der Waals surface area contributed by atoms with Crippen molar-refractivity contribution in [2.24, 2.45) is 0 Å². The Balaban J connectivity index is 1.58. The van der Waals surface area contributed by atoms with Gasteiger partial charge < -0.3 is 15.3 Å². The molecule has 0 radical (unpaired) electrons. The van der Waals surface area contributed by atoms with Gasteiger partial charge in [0, 0.05) is 48.2 Å². The number of phenols is 1. The Kier molecular flexibility index (Phi) is 5.21. The first-order valence-corrected chi connectivity index (χ1v) is 10.4. The van der Waals surface area contributed by atoms with Crippen molar-refractivity contribution in [1.29, 1.82) is 0 Å². The maximum atomic E-state index is 14.6. The number of benzene rings is 1. The molecule has 0 spiro atoms. The van der Waals surface area contributed by atoms with Crippen LogP contribution in [0.5, 0.6) is 5.75 Å². The van der Waals surface area contributed by atoms with Crippen molar-refractivity contribution in [3.63, 3.8) is 0 Å². The highest BCUT2D eigenvalue weighted by Gasteiger charge is 2.39. The molecule has 0 atom stereocenters. The highest BCUT2D eigenvalue weighted by molar-refractivity contribution is 5.69. The largest absolute Gasteiger partial charge is 0.507 e. The fraction of sp³-hybridized carbons (Fsp3) is 0.435. The predicted molar refractivity (Wildman–Crippen MR) is 119 cm³/mol. The fourth-order valence-corrected chi connectivity index (χ4v) is 4.71. The normalized spacial score (nSPS) is 18.1. The molecule has 1 aliphatic heterocycles. The number of phenolic OH excluding ortho intramolecular Hbond substituents is 1. The van der Waals surface area contributed by atoms with Gasteiger partial charge in [0.25, 0.3) is 0 Å². The average Bonchev–Trinajstić information content (AvgIpc) is 3.21. The summed E-state index contributed by atoms with van der Waals surface area (Å²) in [6, 6.07) is 4.61. The molecule has 2 aromatic heterocycles. The smallest absolute Gasteiger partial charge is 0.149 e. The van der Waals surface area contributed by atoms with E-state index in [1.54, 1.807) is 30.9 Å². The number of aromatic nitrogens is 4. The van der Waals surface area contributed by atoms with Crippen LogP contribution < -0.4 is 10.2 Å². The summed E-state index contributed by atoms with van der Waals surface area (Å²) >= 11 is 0. The monoisotopic (exact) mass is 424 g/mol. The summed E-state index contributed by atoms with van der Waals surface area (Å²) in [5, 5.41) is 18.2. The molecule has 1 saturated heterocycles. The summed E-state index contributed by atoms with van der Waals surface area (Å²) in [5.74, 6) is 0.165. The van der Waals surface area contributed by atoms with E-state index in [1.807, 2.05) is 7.05 Å². The molecule has 1 fully saturated rings. The second-order valence-corrected chi connectivity index (χ2v) is 9.60. The van der Waals surface area contributed by atoms with Crippen LogP contribution in [-0.2, 0) is 0 Å². The van der Waals surface area contributed by atoms with Gasteiger partial charge in [0.2, 0.25) is 0 Å². The maximum absolute atomic E-state index is 14.6. The van der Waals surface area contributed by atoms with Crippen LogP contribution in [0, 0.1) is 5.82 Å². The lowest BCUT2D eigenvalue weighted by Crippen LogP contribution is -2.62. The van der Waals surface area contributed by atoms with Crippen molar-refractivity contribution in [2.45, 2.75) is 57.7 Å².